The maximum Gasteiger partial charge on any atom is 0.305 e. The van der Waals surface area contributed by atoms with Gasteiger partial charge in [-0.2, -0.15) is 0 Å². The molecular formula is C14H13Cl2NO2S. The molecule has 0 spiro atoms. The lowest BCUT2D eigenvalue weighted by Gasteiger charge is -2.00. The molecule has 2 rings (SSSR count). The number of thiazole rings is 1. The van der Waals surface area contributed by atoms with E-state index in [1.165, 1.54) is 7.11 Å². The SMILES string of the molecule is COC(=O)CCc1csc(Cc2ccc(Cl)c(Cl)c2)n1. The number of halogens is 2. The molecule has 2 aromatic rings. The van der Waals surface area contributed by atoms with Gasteiger partial charge in [-0.15, -0.1) is 11.3 Å². The lowest BCUT2D eigenvalue weighted by molar-refractivity contribution is -0.140. The molecule has 3 nitrogen and oxygen atoms in total. The molecule has 0 atom stereocenters. The molecule has 0 saturated carbocycles. The molecule has 0 fully saturated rings. The van der Waals surface area contributed by atoms with Gasteiger partial charge in [-0.05, 0) is 17.7 Å². The molecule has 106 valence electrons. The number of aryl methyl sites for hydroxylation is 1. The number of ether oxygens (including phenoxy) is 1. The second kappa shape index (κ2) is 7.07. The summed E-state index contributed by atoms with van der Waals surface area (Å²) in [5.74, 6) is -0.218. The summed E-state index contributed by atoms with van der Waals surface area (Å²) in [5.41, 5.74) is 1.98. The normalized spacial score (nSPS) is 10.6. The van der Waals surface area contributed by atoms with Gasteiger partial charge in [-0.3, -0.25) is 4.79 Å². The smallest absolute Gasteiger partial charge is 0.305 e. The molecule has 0 amide bonds. The fraction of sp³-hybridized carbons (Fsp3) is 0.286. The lowest BCUT2D eigenvalue weighted by Crippen LogP contribution is -2.02. The highest BCUT2D eigenvalue weighted by Gasteiger charge is 2.07. The number of aromatic nitrogens is 1. The number of nitrogens with zero attached hydrogens (tertiary/aromatic N) is 1. The van der Waals surface area contributed by atoms with Crippen LogP contribution in [-0.4, -0.2) is 18.1 Å². The van der Waals surface area contributed by atoms with Crippen molar-refractivity contribution >= 4 is 40.5 Å². The first-order chi connectivity index (χ1) is 9.58. The van der Waals surface area contributed by atoms with E-state index in [-0.39, 0.29) is 5.97 Å². The molecule has 0 unspecified atom stereocenters. The Morgan fingerprint density at radius 2 is 2.15 bits per heavy atom. The zero-order valence-corrected chi connectivity index (χ0v) is 13.2. The van der Waals surface area contributed by atoms with Gasteiger partial charge in [0.15, 0.2) is 0 Å². The van der Waals surface area contributed by atoms with Crippen molar-refractivity contribution in [3.63, 3.8) is 0 Å². The highest BCUT2D eigenvalue weighted by Crippen LogP contribution is 2.24. The fourth-order valence-corrected chi connectivity index (χ4v) is 2.88. The number of carbonyl (C=O) groups is 1. The van der Waals surface area contributed by atoms with Crippen molar-refractivity contribution in [1.82, 2.24) is 4.98 Å². The predicted molar refractivity (Wildman–Crippen MR) is 81.7 cm³/mol. The van der Waals surface area contributed by atoms with Crippen LogP contribution in [0.15, 0.2) is 23.6 Å². The van der Waals surface area contributed by atoms with E-state index in [9.17, 15) is 4.79 Å². The first kappa shape index (κ1) is 15.3. The molecule has 0 N–H and O–H groups in total. The van der Waals surface area contributed by atoms with Crippen LogP contribution in [0.2, 0.25) is 10.0 Å². The van der Waals surface area contributed by atoms with E-state index in [2.05, 4.69) is 9.72 Å². The van der Waals surface area contributed by atoms with E-state index in [0.717, 1.165) is 16.3 Å². The van der Waals surface area contributed by atoms with Crippen molar-refractivity contribution in [2.24, 2.45) is 0 Å². The van der Waals surface area contributed by atoms with Crippen molar-refractivity contribution in [1.29, 1.82) is 0 Å². The van der Waals surface area contributed by atoms with E-state index >= 15 is 0 Å². The standard InChI is InChI=1S/C14H13Cl2NO2S/c1-19-14(18)5-3-10-8-20-13(17-10)7-9-2-4-11(15)12(16)6-9/h2,4,6,8H,3,5,7H2,1H3. The van der Waals surface area contributed by atoms with Gasteiger partial charge in [0.05, 0.1) is 34.3 Å². The van der Waals surface area contributed by atoms with Crippen molar-refractivity contribution in [2.75, 3.05) is 7.11 Å². The molecule has 1 heterocycles. The van der Waals surface area contributed by atoms with Crippen molar-refractivity contribution in [3.05, 3.63) is 49.9 Å². The largest absolute Gasteiger partial charge is 0.469 e. The first-order valence-corrected chi connectivity index (χ1v) is 7.66. The highest BCUT2D eigenvalue weighted by atomic mass is 35.5. The van der Waals surface area contributed by atoms with Crippen LogP contribution in [0.1, 0.15) is 22.7 Å². The lowest BCUT2D eigenvalue weighted by atomic mass is 10.1. The summed E-state index contributed by atoms with van der Waals surface area (Å²) in [6.45, 7) is 0. The number of hydrogen-bond acceptors (Lipinski definition) is 4. The number of rotatable bonds is 5. The van der Waals surface area contributed by atoms with Gasteiger partial charge in [0, 0.05) is 18.2 Å². The van der Waals surface area contributed by atoms with Crippen LogP contribution in [0, 0.1) is 0 Å². The molecule has 0 bridgehead atoms. The Morgan fingerprint density at radius 1 is 1.35 bits per heavy atom. The van der Waals surface area contributed by atoms with Gasteiger partial charge in [-0.25, -0.2) is 4.98 Å². The predicted octanol–water partition coefficient (Wildman–Crippen LogP) is 4.15. The fourth-order valence-electron chi connectivity index (χ4n) is 1.70. The Morgan fingerprint density at radius 3 is 2.85 bits per heavy atom. The summed E-state index contributed by atoms with van der Waals surface area (Å²) in [5, 5.41) is 4.05. The average molecular weight is 330 g/mol. The van der Waals surface area contributed by atoms with Crippen LogP contribution < -0.4 is 0 Å². The second-order valence-electron chi connectivity index (χ2n) is 4.23. The molecule has 0 aliphatic heterocycles. The molecule has 6 heteroatoms. The summed E-state index contributed by atoms with van der Waals surface area (Å²) in [6.07, 6.45) is 1.66. The summed E-state index contributed by atoms with van der Waals surface area (Å²) < 4.78 is 4.61. The van der Waals surface area contributed by atoms with Gasteiger partial charge < -0.3 is 4.74 Å². The highest BCUT2D eigenvalue weighted by molar-refractivity contribution is 7.09. The van der Waals surface area contributed by atoms with E-state index < -0.39 is 0 Å². The zero-order chi connectivity index (χ0) is 14.5. The van der Waals surface area contributed by atoms with Gasteiger partial charge >= 0.3 is 5.97 Å². The molecule has 0 radical (unpaired) electrons. The number of benzene rings is 1. The van der Waals surface area contributed by atoms with Crippen LogP contribution >= 0.6 is 34.5 Å². The number of hydrogen-bond donors (Lipinski definition) is 0. The Labute approximate surface area is 131 Å². The average Bonchev–Trinajstić information content (AvgIpc) is 2.88. The third-order valence-electron chi connectivity index (χ3n) is 2.75. The van der Waals surface area contributed by atoms with Crippen molar-refractivity contribution < 1.29 is 9.53 Å². The zero-order valence-electron chi connectivity index (χ0n) is 10.9. The summed E-state index contributed by atoms with van der Waals surface area (Å²) in [7, 11) is 1.39. The Bertz CT molecular complexity index is 613. The summed E-state index contributed by atoms with van der Waals surface area (Å²) in [4.78, 5) is 15.6. The number of carbonyl (C=O) groups excluding carboxylic acids is 1. The molecule has 1 aromatic heterocycles. The minimum atomic E-state index is -0.218. The van der Waals surface area contributed by atoms with Gasteiger partial charge in [0.2, 0.25) is 0 Å². The molecular weight excluding hydrogens is 317 g/mol. The third-order valence-corrected chi connectivity index (χ3v) is 4.39. The van der Waals surface area contributed by atoms with Crippen LogP contribution in [0.3, 0.4) is 0 Å². The minimum Gasteiger partial charge on any atom is -0.469 e. The van der Waals surface area contributed by atoms with E-state index in [1.807, 2.05) is 17.5 Å². The second-order valence-corrected chi connectivity index (χ2v) is 5.99. The van der Waals surface area contributed by atoms with Crippen LogP contribution in [-0.2, 0) is 22.4 Å². The minimum absolute atomic E-state index is 0.218. The van der Waals surface area contributed by atoms with Gasteiger partial charge in [0.1, 0.15) is 0 Å². The van der Waals surface area contributed by atoms with Crippen LogP contribution in [0.4, 0.5) is 0 Å². The first-order valence-electron chi connectivity index (χ1n) is 6.02. The monoisotopic (exact) mass is 329 g/mol. The van der Waals surface area contributed by atoms with Gasteiger partial charge in [-0.1, -0.05) is 29.3 Å². The summed E-state index contributed by atoms with van der Waals surface area (Å²) in [6, 6.07) is 5.56. The molecule has 1 aromatic carbocycles. The third kappa shape index (κ3) is 4.20. The maximum absolute atomic E-state index is 11.1. The Hall–Kier alpha value is -1.10. The van der Waals surface area contributed by atoms with Crippen LogP contribution in [0.5, 0.6) is 0 Å². The quantitative estimate of drug-likeness (QED) is 0.773. The van der Waals surface area contributed by atoms with Crippen molar-refractivity contribution in [2.45, 2.75) is 19.3 Å². The Kier molecular flexibility index (Phi) is 5.40. The van der Waals surface area contributed by atoms with Crippen molar-refractivity contribution in [3.8, 4) is 0 Å². The van der Waals surface area contributed by atoms with E-state index in [4.69, 9.17) is 23.2 Å². The van der Waals surface area contributed by atoms with Crippen LogP contribution in [0.25, 0.3) is 0 Å². The number of methoxy groups -OCH3 is 1. The summed E-state index contributed by atoms with van der Waals surface area (Å²) >= 11 is 13.4. The topological polar surface area (TPSA) is 39.2 Å². The number of esters is 1. The molecule has 0 saturated heterocycles. The Balaban J connectivity index is 1.98. The maximum atomic E-state index is 11.1. The molecule has 20 heavy (non-hydrogen) atoms. The van der Waals surface area contributed by atoms with E-state index in [0.29, 0.717) is 29.3 Å². The van der Waals surface area contributed by atoms with Gasteiger partial charge in [0.25, 0.3) is 0 Å². The molecule has 0 aliphatic carbocycles. The van der Waals surface area contributed by atoms with E-state index in [1.54, 1.807) is 17.4 Å². The molecule has 0 aliphatic rings.